The van der Waals surface area contributed by atoms with Gasteiger partial charge in [0.05, 0.1) is 12.3 Å². The first-order valence-electron chi connectivity index (χ1n) is 6.84. The van der Waals surface area contributed by atoms with Gasteiger partial charge in [-0.1, -0.05) is 17.7 Å². The van der Waals surface area contributed by atoms with Gasteiger partial charge in [-0.3, -0.25) is 0 Å². The third kappa shape index (κ3) is 3.66. The monoisotopic (exact) mass is 290 g/mol. The summed E-state index contributed by atoms with van der Waals surface area (Å²) in [6.45, 7) is 8.84. The molecule has 0 aliphatic rings. The number of aromatic nitrogens is 1. The standard InChI is InChI=1S/C16H22N2OS/c1-11-7-12(2)16(13(3)8-11)14-10-20-15(18-14)9-17-5-6-19-4/h7-8,10,17H,5-6,9H2,1-4H3. The molecule has 0 aliphatic carbocycles. The number of nitrogens with one attached hydrogen (secondary N) is 1. The molecule has 2 rings (SSSR count). The van der Waals surface area contributed by atoms with Crippen molar-refractivity contribution in [1.29, 1.82) is 0 Å². The molecule has 0 fully saturated rings. The van der Waals surface area contributed by atoms with Gasteiger partial charge in [0.25, 0.3) is 0 Å². The zero-order valence-corrected chi connectivity index (χ0v) is 13.4. The zero-order valence-electron chi connectivity index (χ0n) is 12.6. The van der Waals surface area contributed by atoms with Gasteiger partial charge in [-0.25, -0.2) is 4.98 Å². The second-order valence-corrected chi connectivity index (χ2v) is 6.01. The van der Waals surface area contributed by atoms with Crippen LogP contribution in [0.5, 0.6) is 0 Å². The van der Waals surface area contributed by atoms with Crippen LogP contribution in [0.25, 0.3) is 11.3 Å². The Hall–Kier alpha value is -1.23. The Kier molecular flexibility index (Phi) is 5.29. The van der Waals surface area contributed by atoms with Gasteiger partial charge in [0.1, 0.15) is 5.01 Å². The van der Waals surface area contributed by atoms with Crippen LogP contribution < -0.4 is 5.32 Å². The molecular weight excluding hydrogens is 268 g/mol. The molecule has 0 saturated heterocycles. The maximum Gasteiger partial charge on any atom is 0.107 e. The fourth-order valence-electron chi connectivity index (χ4n) is 2.46. The van der Waals surface area contributed by atoms with Gasteiger partial charge >= 0.3 is 0 Å². The second-order valence-electron chi connectivity index (χ2n) is 5.07. The van der Waals surface area contributed by atoms with Crippen LogP contribution in [-0.2, 0) is 11.3 Å². The maximum atomic E-state index is 5.02. The van der Waals surface area contributed by atoms with Crippen molar-refractivity contribution >= 4 is 11.3 Å². The summed E-state index contributed by atoms with van der Waals surface area (Å²) >= 11 is 1.71. The highest BCUT2D eigenvalue weighted by molar-refractivity contribution is 7.09. The number of hydrogen-bond donors (Lipinski definition) is 1. The Morgan fingerprint density at radius 3 is 2.55 bits per heavy atom. The number of benzene rings is 1. The SMILES string of the molecule is COCCNCc1nc(-c2c(C)cc(C)cc2C)cs1. The Bertz CT molecular complexity index is 555. The highest BCUT2D eigenvalue weighted by atomic mass is 32.1. The summed E-state index contributed by atoms with van der Waals surface area (Å²) < 4.78 is 5.02. The summed E-state index contributed by atoms with van der Waals surface area (Å²) in [6.07, 6.45) is 0. The lowest BCUT2D eigenvalue weighted by Crippen LogP contribution is -2.18. The van der Waals surface area contributed by atoms with Crippen molar-refractivity contribution in [3.63, 3.8) is 0 Å². The van der Waals surface area contributed by atoms with E-state index in [0.29, 0.717) is 0 Å². The minimum atomic E-state index is 0.731. The summed E-state index contributed by atoms with van der Waals surface area (Å²) in [5.74, 6) is 0. The highest BCUT2D eigenvalue weighted by Crippen LogP contribution is 2.29. The van der Waals surface area contributed by atoms with Crippen molar-refractivity contribution in [2.75, 3.05) is 20.3 Å². The van der Waals surface area contributed by atoms with Crippen molar-refractivity contribution in [3.8, 4) is 11.3 Å². The van der Waals surface area contributed by atoms with E-state index in [4.69, 9.17) is 9.72 Å². The lowest BCUT2D eigenvalue weighted by molar-refractivity contribution is 0.199. The van der Waals surface area contributed by atoms with E-state index in [9.17, 15) is 0 Å². The van der Waals surface area contributed by atoms with Gasteiger partial charge < -0.3 is 10.1 Å². The van der Waals surface area contributed by atoms with E-state index in [-0.39, 0.29) is 0 Å². The molecule has 0 radical (unpaired) electrons. The fourth-order valence-corrected chi connectivity index (χ4v) is 3.22. The number of methoxy groups -OCH3 is 1. The molecule has 2 aromatic rings. The Balaban J connectivity index is 2.13. The molecule has 0 atom stereocenters. The molecule has 0 aliphatic heterocycles. The number of ether oxygens (including phenoxy) is 1. The molecule has 4 heteroatoms. The van der Waals surface area contributed by atoms with Gasteiger partial charge in [-0.2, -0.15) is 0 Å². The van der Waals surface area contributed by atoms with Crippen LogP contribution in [0.15, 0.2) is 17.5 Å². The molecule has 1 aromatic heterocycles. The number of nitrogens with zero attached hydrogens (tertiary/aromatic N) is 1. The van der Waals surface area contributed by atoms with Crippen molar-refractivity contribution in [1.82, 2.24) is 10.3 Å². The van der Waals surface area contributed by atoms with E-state index in [1.54, 1.807) is 18.4 Å². The first-order valence-corrected chi connectivity index (χ1v) is 7.72. The van der Waals surface area contributed by atoms with Crippen molar-refractivity contribution < 1.29 is 4.74 Å². The summed E-state index contributed by atoms with van der Waals surface area (Å²) in [5, 5.41) is 6.60. The topological polar surface area (TPSA) is 34.1 Å². The van der Waals surface area contributed by atoms with Gasteiger partial charge in [0.2, 0.25) is 0 Å². The number of aryl methyl sites for hydroxylation is 3. The molecule has 0 amide bonds. The largest absolute Gasteiger partial charge is 0.383 e. The molecule has 0 saturated carbocycles. The van der Waals surface area contributed by atoms with Crippen LogP contribution in [0.2, 0.25) is 0 Å². The van der Waals surface area contributed by atoms with Crippen molar-refractivity contribution in [3.05, 3.63) is 39.2 Å². The first kappa shape index (κ1) is 15.2. The summed E-state index contributed by atoms with van der Waals surface area (Å²) in [6, 6.07) is 4.44. The minimum Gasteiger partial charge on any atom is -0.383 e. The molecule has 0 bridgehead atoms. The van der Waals surface area contributed by atoms with E-state index >= 15 is 0 Å². The number of hydrogen-bond acceptors (Lipinski definition) is 4. The van der Waals surface area contributed by atoms with E-state index in [1.165, 1.54) is 22.3 Å². The van der Waals surface area contributed by atoms with E-state index in [2.05, 4.69) is 43.6 Å². The molecule has 0 spiro atoms. The molecule has 3 nitrogen and oxygen atoms in total. The lowest BCUT2D eigenvalue weighted by Gasteiger charge is -2.08. The Morgan fingerprint density at radius 2 is 1.90 bits per heavy atom. The van der Waals surface area contributed by atoms with Gasteiger partial charge in [-0.05, 0) is 31.9 Å². The first-order chi connectivity index (χ1) is 9.61. The van der Waals surface area contributed by atoms with Gasteiger partial charge in [0.15, 0.2) is 0 Å². The van der Waals surface area contributed by atoms with Crippen LogP contribution in [-0.4, -0.2) is 25.2 Å². The molecule has 108 valence electrons. The van der Waals surface area contributed by atoms with Crippen LogP contribution >= 0.6 is 11.3 Å². The molecule has 0 unspecified atom stereocenters. The summed E-state index contributed by atoms with van der Waals surface area (Å²) in [5.41, 5.74) is 6.27. The zero-order chi connectivity index (χ0) is 14.5. The average molecular weight is 290 g/mol. The third-order valence-corrected chi connectivity index (χ3v) is 4.09. The highest BCUT2D eigenvalue weighted by Gasteiger charge is 2.10. The Labute approximate surface area is 125 Å². The predicted octanol–water partition coefficient (Wildman–Crippen LogP) is 3.47. The molecule has 1 aromatic carbocycles. The molecule has 20 heavy (non-hydrogen) atoms. The van der Waals surface area contributed by atoms with Crippen molar-refractivity contribution in [2.45, 2.75) is 27.3 Å². The normalized spacial score (nSPS) is 11.0. The lowest BCUT2D eigenvalue weighted by atomic mass is 9.98. The van der Waals surface area contributed by atoms with E-state index < -0.39 is 0 Å². The summed E-state index contributed by atoms with van der Waals surface area (Å²) in [4.78, 5) is 4.74. The Morgan fingerprint density at radius 1 is 1.20 bits per heavy atom. The van der Waals surface area contributed by atoms with Crippen LogP contribution in [0, 0.1) is 20.8 Å². The van der Waals surface area contributed by atoms with Crippen LogP contribution in [0.1, 0.15) is 21.7 Å². The van der Waals surface area contributed by atoms with E-state index in [1.807, 2.05) is 0 Å². The molecule has 1 heterocycles. The maximum absolute atomic E-state index is 5.02. The van der Waals surface area contributed by atoms with Crippen LogP contribution in [0.3, 0.4) is 0 Å². The fraction of sp³-hybridized carbons (Fsp3) is 0.438. The van der Waals surface area contributed by atoms with Crippen molar-refractivity contribution in [2.24, 2.45) is 0 Å². The number of thiazole rings is 1. The molecule has 1 N–H and O–H groups in total. The predicted molar refractivity (Wildman–Crippen MR) is 85.3 cm³/mol. The van der Waals surface area contributed by atoms with Gasteiger partial charge in [0, 0.05) is 31.1 Å². The van der Waals surface area contributed by atoms with Crippen LogP contribution in [0.4, 0.5) is 0 Å². The van der Waals surface area contributed by atoms with Gasteiger partial charge in [-0.15, -0.1) is 11.3 Å². The smallest absolute Gasteiger partial charge is 0.107 e. The van der Waals surface area contributed by atoms with E-state index in [0.717, 1.165) is 30.4 Å². The third-order valence-electron chi connectivity index (χ3n) is 3.24. The number of rotatable bonds is 6. The minimum absolute atomic E-state index is 0.731. The quantitative estimate of drug-likeness (QED) is 0.827. The molecular formula is C16H22N2OS. The average Bonchev–Trinajstić information content (AvgIpc) is 2.82. The summed E-state index contributed by atoms with van der Waals surface area (Å²) in [7, 11) is 1.71. The second kappa shape index (κ2) is 6.97.